The van der Waals surface area contributed by atoms with E-state index >= 15 is 0 Å². The van der Waals surface area contributed by atoms with E-state index in [0.29, 0.717) is 10.8 Å². The Bertz CT molecular complexity index is 609. The maximum Gasteiger partial charge on any atom is 0.252 e. The Morgan fingerprint density at radius 2 is 2.10 bits per heavy atom. The van der Waals surface area contributed by atoms with Crippen LogP contribution in [0.3, 0.4) is 0 Å². The van der Waals surface area contributed by atoms with E-state index in [1.807, 2.05) is 6.92 Å². The molecule has 118 valence electrons. The number of hydrogen-bond donors (Lipinski definition) is 1. The van der Waals surface area contributed by atoms with Gasteiger partial charge in [0.05, 0.1) is 9.89 Å². The number of aliphatic hydroxyl groups excluding tert-OH is 1. The highest BCUT2D eigenvalue weighted by Crippen LogP contribution is 2.40. The lowest BCUT2D eigenvalue weighted by atomic mass is 9.95. The molecule has 1 saturated carbocycles. The van der Waals surface area contributed by atoms with Gasteiger partial charge in [0.15, 0.2) is 0 Å². The van der Waals surface area contributed by atoms with Gasteiger partial charge in [-0.25, -0.2) is 8.42 Å². The number of rotatable bonds is 3. The molecule has 2 heterocycles. The lowest BCUT2D eigenvalue weighted by molar-refractivity contribution is 0.0975. The first kappa shape index (κ1) is 15.9. The molecule has 0 aromatic carbocycles. The van der Waals surface area contributed by atoms with Crippen molar-refractivity contribution in [3.8, 4) is 0 Å². The van der Waals surface area contributed by atoms with Crippen LogP contribution in [0, 0.1) is 12.8 Å². The van der Waals surface area contributed by atoms with Crippen LogP contribution in [0.15, 0.2) is 14.1 Å². The first-order chi connectivity index (χ1) is 9.91. The molecule has 1 N–H and O–H groups in total. The van der Waals surface area contributed by atoms with E-state index in [4.69, 9.17) is 0 Å². The molecule has 3 unspecified atom stereocenters. The standard InChI is InChI=1S/C14H20BrNO3S2/c1-9-8-13(20-14(9)15)21(18,19)16-7-3-5-11(16)10-4-2-6-12(10)17/h8,10-12,17H,2-7H2,1H3. The van der Waals surface area contributed by atoms with Gasteiger partial charge >= 0.3 is 0 Å². The van der Waals surface area contributed by atoms with Crippen molar-refractivity contribution in [3.05, 3.63) is 15.4 Å². The van der Waals surface area contributed by atoms with Crippen LogP contribution >= 0.6 is 27.3 Å². The summed E-state index contributed by atoms with van der Waals surface area (Å²) in [4.78, 5) is 0. The second-order valence-electron chi connectivity index (χ2n) is 6.01. The molecule has 0 spiro atoms. The van der Waals surface area contributed by atoms with E-state index in [2.05, 4.69) is 15.9 Å². The maximum absolute atomic E-state index is 12.9. The zero-order valence-corrected chi connectivity index (χ0v) is 15.2. The molecule has 21 heavy (non-hydrogen) atoms. The highest BCUT2D eigenvalue weighted by Gasteiger charge is 2.43. The minimum absolute atomic E-state index is 0.0336. The van der Waals surface area contributed by atoms with Crippen molar-refractivity contribution < 1.29 is 13.5 Å². The van der Waals surface area contributed by atoms with E-state index in [1.165, 1.54) is 11.3 Å². The zero-order valence-electron chi connectivity index (χ0n) is 12.0. The number of thiophene rings is 1. The van der Waals surface area contributed by atoms with Crippen molar-refractivity contribution in [1.29, 1.82) is 0 Å². The van der Waals surface area contributed by atoms with Gasteiger partial charge in [0.2, 0.25) is 0 Å². The van der Waals surface area contributed by atoms with E-state index in [0.717, 1.165) is 41.5 Å². The highest BCUT2D eigenvalue weighted by molar-refractivity contribution is 9.11. The zero-order chi connectivity index (χ0) is 15.2. The van der Waals surface area contributed by atoms with Gasteiger partial charge in [0, 0.05) is 18.5 Å². The summed E-state index contributed by atoms with van der Waals surface area (Å²) in [5.41, 5.74) is 0.954. The van der Waals surface area contributed by atoms with Crippen LogP contribution in [0.1, 0.15) is 37.7 Å². The highest BCUT2D eigenvalue weighted by atomic mass is 79.9. The molecular weight excluding hydrogens is 374 g/mol. The van der Waals surface area contributed by atoms with E-state index in [1.54, 1.807) is 10.4 Å². The summed E-state index contributed by atoms with van der Waals surface area (Å²) in [5, 5.41) is 10.1. The van der Waals surface area contributed by atoms with Gasteiger partial charge in [0.25, 0.3) is 10.0 Å². The third-order valence-electron chi connectivity index (χ3n) is 4.67. The van der Waals surface area contributed by atoms with Gasteiger partial charge in [-0.05, 0) is 60.2 Å². The molecule has 2 aliphatic rings. The van der Waals surface area contributed by atoms with Gasteiger partial charge in [-0.2, -0.15) is 4.31 Å². The smallest absolute Gasteiger partial charge is 0.252 e. The fourth-order valence-electron chi connectivity index (χ4n) is 3.58. The number of nitrogens with zero attached hydrogens (tertiary/aromatic N) is 1. The van der Waals surface area contributed by atoms with Crippen molar-refractivity contribution in [3.63, 3.8) is 0 Å². The Balaban J connectivity index is 1.90. The second-order valence-corrected chi connectivity index (χ2v) is 10.5. The molecule has 1 aliphatic carbocycles. The molecule has 1 aliphatic heterocycles. The van der Waals surface area contributed by atoms with Crippen LogP contribution in [0.25, 0.3) is 0 Å². The molecule has 1 saturated heterocycles. The van der Waals surface area contributed by atoms with Crippen LogP contribution in [0.5, 0.6) is 0 Å². The molecule has 0 bridgehead atoms. The van der Waals surface area contributed by atoms with E-state index in [9.17, 15) is 13.5 Å². The lowest BCUT2D eigenvalue weighted by Crippen LogP contribution is -2.42. The number of aliphatic hydroxyl groups is 1. The number of aryl methyl sites for hydroxylation is 1. The summed E-state index contributed by atoms with van der Waals surface area (Å²) in [6.07, 6.45) is 4.15. The molecule has 2 fully saturated rings. The third-order valence-corrected chi connectivity index (χ3v) is 9.18. The summed E-state index contributed by atoms with van der Waals surface area (Å²) >= 11 is 4.68. The predicted octanol–water partition coefficient (Wildman–Crippen LogP) is 3.13. The molecule has 3 atom stereocenters. The van der Waals surface area contributed by atoms with Crippen molar-refractivity contribution in [2.24, 2.45) is 5.92 Å². The van der Waals surface area contributed by atoms with Gasteiger partial charge < -0.3 is 5.11 Å². The van der Waals surface area contributed by atoms with Gasteiger partial charge in [0.1, 0.15) is 4.21 Å². The first-order valence-electron chi connectivity index (χ1n) is 7.37. The number of hydrogen-bond acceptors (Lipinski definition) is 4. The first-order valence-corrected chi connectivity index (χ1v) is 10.4. The summed E-state index contributed by atoms with van der Waals surface area (Å²) in [7, 11) is -3.44. The fraction of sp³-hybridized carbons (Fsp3) is 0.714. The quantitative estimate of drug-likeness (QED) is 0.857. The Hall–Kier alpha value is 0.0500. The van der Waals surface area contributed by atoms with Crippen molar-refractivity contribution in [1.82, 2.24) is 4.31 Å². The monoisotopic (exact) mass is 393 g/mol. The average Bonchev–Trinajstić information content (AvgIpc) is 3.11. The molecule has 0 radical (unpaired) electrons. The van der Waals surface area contributed by atoms with Crippen LogP contribution in [0.2, 0.25) is 0 Å². The Labute approximate surface area is 138 Å². The summed E-state index contributed by atoms with van der Waals surface area (Å²) in [5.74, 6) is 0.103. The van der Waals surface area contributed by atoms with Crippen LogP contribution in [0.4, 0.5) is 0 Å². The van der Waals surface area contributed by atoms with Gasteiger partial charge in [-0.1, -0.05) is 6.42 Å². The van der Waals surface area contributed by atoms with Crippen molar-refractivity contribution in [2.75, 3.05) is 6.54 Å². The largest absolute Gasteiger partial charge is 0.393 e. The topological polar surface area (TPSA) is 57.6 Å². The molecule has 7 heteroatoms. The summed E-state index contributed by atoms with van der Waals surface area (Å²) in [6.45, 7) is 2.48. The minimum atomic E-state index is -3.44. The van der Waals surface area contributed by atoms with Crippen LogP contribution < -0.4 is 0 Å². The van der Waals surface area contributed by atoms with E-state index < -0.39 is 10.0 Å². The molecule has 1 aromatic heterocycles. The number of sulfonamides is 1. The average molecular weight is 394 g/mol. The SMILES string of the molecule is Cc1cc(S(=O)(=O)N2CCCC2C2CCCC2O)sc1Br. The van der Waals surface area contributed by atoms with Gasteiger partial charge in [-0.15, -0.1) is 11.3 Å². The summed E-state index contributed by atoms with van der Waals surface area (Å²) < 4.78 is 28.7. The fourth-order valence-corrected chi connectivity index (χ4v) is 7.68. The van der Waals surface area contributed by atoms with Crippen molar-refractivity contribution in [2.45, 2.75) is 55.4 Å². The van der Waals surface area contributed by atoms with Gasteiger partial charge in [-0.3, -0.25) is 0 Å². The molecular formula is C14H20BrNO3S2. The third kappa shape index (κ3) is 2.83. The second kappa shape index (κ2) is 5.92. The molecule has 3 rings (SSSR count). The lowest BCUT2D eigenvalue weighted by Gasteiger charge is -2.30. The van der Waals surface area contributed by atoms with Crippen LogP contribution in [-0.4, -0.2) is 36.5 Å². The Morgan fingerprint density at radius 1 is 1.33 bits per heavy atom. The number of halogens is 1. The van der Waals surface area contributed by atoms with E-state index in [-0.39, 0.29) is 18.1 Å². The molecule has 0 amide bonds. The summed E-state index contributed by atoms with van der Waals surface area (Å²) in [6, 6.07) is 1.71. The van der Waals surface area contributed by atoms with Crippen molar-refractivity contribution >= 4 is 37.3 Å². The maximum atomic E-state index is 12.9. The normalized spacial score (nSPS) is 31.1. The Morgan fingerprint density at radius 3 is 2.67 bits per heavy atom. The minimum Gasteiger partial charge on any atom is -0.393 e. The van der Waals surface area contributed by atoms with Crippen LogP contribution in [-0.2, 0) is 10.0 Å². The predicted molar refractivity (Wildman–Crippen MR) is 87.0 cm³/mol. The molecule has 1 aromatic rings. The molecule has 4 nitrogen and oxygen atoms in total. The Kier molecular flexibility index (Phi) is 4.49.